The lowest BCUT2D eigenvalue weighted by molar-refractivity contribution is -0.116. The minimum absolute atomic E-state index is 0.0411. The van der Waals surface area contributed by atoms with Gasteiger partial charge in [0.1, 0.15) is 5.75 Å². The molecular formula is C16H17ClN2O4S. The molecule has 0 unspecified atom stereocenters. The smallest absolute Gasteiger partial charge is 0.238 e. The molecule has 0 spiro atoms. The van der Waals surface area contributed by atoms with Gasteiger partial charge in [0.15, 0.2) is 0 Å². The first-order valence-corrected chi connectivity index (χ1v) is 8.97. The van der Waals surface area contributed by atoms with Crippen molar-refractivity contribution in [3.05, 3.63) is 53.1 Å². The van der Waals surface area contributed by atoms with Crippen molar-refractivity contribution in [2.75, 3.05) is 12.4 Å². The molecule has 0 aliphatic carbocycles. The summed E-state index contributed by atoms with van der Waals surface area (Å²) >= 11 is 5.92. The van der Waals surface area contributed by atoms with Gasteiger partial charge in [-0.3, -0.25) is 4.79 Å². The molecule has 2 rings (SSSR count). The van der Waals surface area contributed by atoms with Crippen molar-refractivity contribution in [1.82, 2.24) is 0 Å². The number of methoxy groups -OCH3 is 1. The predicted octanol–water partition coefficient (Wildman–Crippen LogP) is 2.57. The molecule has 2 aromatic rings. The zero-order chi connectivity index (χ0) is 17.7. The second-order valence-electron chi connectivity index (χ2n) is 5.08. The van der Waals surface area contributed by atoms with Crippen LogP contribution in [0.5, 0.6) is 5.75 Å². The number of benzene rings is 2. The van der Waals surface area contributed by atoms with E-state index in [1.165, 1.54) is 19.2 Å². The van der Waals surface area contributed by atoms with E-state index in [0.717, 1.165) is 5.56 Å². The lowest BCUT2D eigenvalue weighted by Gasteiger charge is -2.10. The van der Waals surface area contributed by atoms with E-state index in [1.807, 2.05) is 0 Å². The number of carbonyl (C=O) groups excluding carboxylic acids is 1. The molecule has 3 N–H and O–H groups in total. The monoisotopic (exact) mass is 368 g/mol. The van der Waals surface area contributed by atoms with Crippen LogP contribution in [0.15, 0.2) is 47.4 Å². The van der Waals surface area contributed by atoms with Crippen molar-refractivity contribution in [2.24, 2.45) is 5.14 Å². The van der Waals surface area contributed by atoms with Gasteiger partial charge in [-0.2, -0.15) is 0 Å². The fourth-order valence-electron chi connectivity index (χ4n) is 2.09. The lowest BCUT2D eigenvalue weighted by Crippen LogP contribution is -2.13. The minimum Gasteiger partial charge on any atom is -0.495 e. The highest BCUT2D eigenvalue weighted by Crippen LogP contribution is 2.27. The van der Waals surface area contributed by atoms with Crippen LogP contribution in [-0.4, -0.2) is 21.4 Å². The normalized spacial score (nSPS) is 11.1. The van der Waals surface area contributed by atoms with Crippen LogP contribution < -0.4 is 15.2 Å². The molecule has 0 saturated carbocycles. The molecule has 0 aliphatic heterocycles. The number of aryl methyl sites for hydroxylation is 1. The van der Waals surface area contributed by atoms with Crippen molar-refractivity contribution in [3.63, 3.8) is 0 Å². The van der Waals surface area contributed by atoms with Gasteiger partial charge in [0, 0.05) is 11.4 Å². The van der Waals surface area contributed by atoms with Gasteiger partial charge in [0.2, 0.25) is 15.9 Å². The number of rotatable bonds is 6. The van der Waals surface area contributed by atoms with E-state index in [2.05, 4.69) is 5.32 Å². The summed E-state index contributed by atoms with van der Waals surface area (Å²) < 4.78 is 27.6. The summed E-state index contributed by atoms with van der Waals surface area (Å²) in [7, 11) is -2.20. The summed E-state index contributed by atoms with van der Waals surface area (Å²) in [6.45, 7) is 0. The van der Waals surface area contributed by atoms with Crippen molar-refractivity contribution in [2.45, 2.75) is 17.7 Å². The Morgan fingerprint density at radius 2 is 1.88 bits per heavy atom. The van der Waals surface area contributed by atoms with Gasteiger partial charge in [0.25, 0.3) is 0 Å². The van der Waals surface area contributed by atoms with Gasteiger partial charge in [-0.25, -0.2) is 13.6 Å². The number of amides is 1. The molecule has 0 heterocycles. The molecule has 24 heavy (non-hydrogen) atoms. The Balaban J connectivity index is 1.97. The van der Waals surface area contributed by atoms with Gasteiger partial charge in [-0.05, 0) is 42.3 Å². The number of primary sulfonamides is 1. The number of sulfonamides is 1. The Hall–Kier alpha value is -2.09. The van der Waals surface area contributed by atoms with Crippen LogP contribution in [0.3, 0.4) is 0 Å². The van der Waals surface area contributed by atoms with Gasteiger partial charge in [-0.1, -0.05) is 23.7 Å². The number of halogens is 1. The molecule has 0 radical (unpaired) electrons. The molecule has 0 fully saturated rings. The average Bonchev–Trinajstić information content (AvgIpc) is 2.53. The number of nitrogens with two attached hydrogens (primary N) is 1. The van der Waals surface area contributed by atoms with E-state index in [0.29, 0.717) is 22.9 Å². The quantitative estimate of drug-likeness (QED) is 0.818. The Morgan fingerprint density at radius 1 is 1.21 bits per heavy atom. The second-order valence-corrected chi connectivity index (χ2v) is 7.08. The molecule has 0 aliphatic rings. The van der Waals surface area contributed by atoms with Crippen LogP contribution >= 0.6 is 11.6 Å². The van der Waals surface area contributed by atoms with Gasteiger partial charge < -0.3 is 10.1 Å². The molecule has 1 amide bonds. The molecule has 128 valence electrons. The fraction of sp³-hybridized carbons (Fsp3) is 0.188. The molecule has 2 aromatic carbocycles. The maximum absolute atomic E-state index is 12.1. The Bertz CT molecular complexity index is 836. The Labute approximate surface area is 145 Å². The number of anilines is 1. The van der Waals surface area contributed by atoms with E-state index in [-0.39, 0.29) is 17.2 Å². The molecule has 6 nitrogen and oxygen atoms in total. The first-order valence-electron chi connectivity index (χ1n) is 7.05. The van der Waals surface area contributed by atoms with E-state index in [4.69, 9.17) is 21.5 Å². The third kappa shape index (κ3) is 4.95. The first-order chi connectivity index (χ1) is 11.3. The first kappa shape index (κ1) is 18.3. The highest BCUT2D eigenvalue weighted by molar-refractivity contribution is 7.89. The van der Waals surface area contributed by atoms with E-state index in [9.17, 15) is 13.2 Å². The molecule has 0 saturated heterocycles. The van der Waals surface area contributed by atoms with Crippen molar-refractivity contribution >= 4 is 33.2 Å². The van der Waals surface area contributed by atoms with Gasteiger partial charge in [-0.15, -0.1) is 0 Å². The number of ether oxygens (including phenoxy) is 1. The molecular weight excluding hydrogens is 352 g/mol. The third-order valence-corrected chi connectivity index (χ3v) is 4.49. The van der Waals surface area contributed by atoms with Crippen molar-refractivity contribution < 1.29 is 17.9 Å². The van der Waals surface area contributed by atoms with E-state index < -0.39 is 10.0 Å². The number of hydrogen-bond acceptors (Lipinski definition) is 4. The van der Waals surface area contributed by atoms with Crippen LogP contribution in [0.2, 0.25) is 5.02 Å². The molecule has 8 heteroatoms. The zero-order valence-corrected chi connectivity index (χ0v) is 14.5. The SMILES string of the molecule is COc1ccc(Cl)cc1NC(=O)CCc1ccc(S(N)(=O)=O)cc1. The summed E-state index contributed by atoms with van der Waals surface area (Å²) in [4.78, 5) is 12.1. The predicted molar refractivity (Wildman–Crippen MR) is 92.8 cm³/mol. The summed E-state index contributed by atoms with van der Waals surface area (Å²) in [5.41, 5.74) is 1.33. The number of nitrogens with one attached hydrogen (secondary N) is 1. The fourth-order valence-corrected chi connectivity index (χ4v) is 2.78. The highest BCUT2D eigenvalue weighted by atomic mass is 35.5. The number of hydrogen-bond donors (Lipinski definition) is 2. The van der Waals surface area contributed by atoms with Gasteiger partial charge >= 0.3 is 0 Å². The maximum atomic E-state index is 12.1. The average molecular weight is 369 g/mol. The van der Waals surface area contributed by atoms with Crippen LogP contribution in [0.4, 0.5) is 5.69 Å². The highest BCUT2D eigenvalue weighted by Gasteiger charge is 2.10. The zero-order valence-electron chi connectivity index (χ0n) is 13.0. The van der Waals surface area contributed by atoms with Crippen molar-refractivity contribution in [3.8, 4) is 5.75 Å². The van der Waals surface area contributed by atoms with Crippen LogP contribution in [0, 0.1) is 0 Å². The summed E-state index contributed by atoms with van der Waals surface area (Å²) in [6.07, 6.45) is 0.685. The third-order valence-electron chi connectivity index (χ3n) is 3.33. The molecule has 0 atom stereocenters. The van der Waals surface area contributed by atoms with Crippen molar-refractivity contribution in [1.29, 1.82) is 0 Å². The second kappa shape index (κ2) is 7.65. The van der Waals surface area contributed by atoms with Crippen LogP contribution in [-0.2, 0) is 21.2 Å². The summed E-state index contributed by atoms with van der Waals surface area (Å²) in [5, 5.41) is 8.27. The molecule has 0 aromatic heterocycles. The maximum Gasteiger partial charge on any atom is 0.238 e. The van der Waals surface area contributed by atoms with Crippen LogP contribution in [0.1, 0.15) is 12.0 Å². The standard InChI is InChI=1S/C16H17ClN2O4S/c1-23-15-8-5-12(17)10-14(15)19-16(20)9-4-11-2-6-13(7-3-11)24(18,21)22/h2-3,5-8,10H,4,9H2,1H3,(H,19,20)(H2,18,21,22). The Kier molecular flexibility index (Phi) is 5.82. The minimum atomic E-state index is -3.71. The summed E-state index contributed by atoms with van der Waals surface area (Å²) in [6, 6.07) is 11.1. The van der Waals surface area contributed by atoms with E-state index >= 15 is 0 Å². The molecule has 0 bridgehead atoms. The largest absolute Gasteiger partial charge is 0.495 e. The van der Waals surface area contributed by atoms with Crippen LogP contribution in [0.25, 0.3) is 0 Å². The van der Waals surface area contributed by atoms with Gasteiger partial charge in [0.05, 0.1) is 17.7 Å². The van der Waals surface area contributed by atoms with E-state index in [1.54, 1.807) is 30.3 Å². The lowest BCUT2D eigenvalue weighted by atomic mass is 10.1. The topological polar surface area (TPSA) is 98.5 Å². The summed E-state index contributed by atoms with van der Waals surface area (Å²) in [5.74, 6) is 0.316. The Morgan fingerprint density at radius 3 is 2.46 bits per heavy atom. The number of carbonyl (C=O) groups is 1.